The van der Waals surface area contributed by atoms with Gasteiger partial charge in [-0.3, -0.25) is 4.79 Å². The molecule has 0 N–H and O–H groups in total. The lowest BCUT2D eigenvalue weighted by molar-refractivity contribution is -0.136. The molecular formula is C15H23NO3. The van der Waals surface area contributed by atoms with Crippen LogP contribution >= 0.6 is 0 Å². The Kier molecular flexibility index (Phi) is 6.36. The third kappa shape index (κ3) is 6.25. The van der Waals surface area contributed by atoms with Crippen molar-refractivity contribution in [1.29, 1.82) is 0 Å². The highest BCUT2D eigenvalue weighted by Gasteiger charge is 2.09. The molecule has 4 heteroatoms. The number of carbonyl (C=O) groups excluding carboxylic acids is 1. The predicted octanol–water partition coefficient (Wildman–Crippen LogP) is 2.26. The Balaban J connectivity index is 2.26. The van der Waals surface area contributed by atoms with Crippen LogP contribution in [-0.2, 0) is 9.53 Å². The molecule has 0 saturated heterocycles. The minimum absolute atomic E-state index is 0.0263. The van der Waals surface area contributed by atoms with Crippen molar-refractivity contribution in [3.63, 3.8) is 0 Å². The number of amides is 1. The highest BCUT2D eigenvalue weighted by Crippen LogP contribution is 2.11. The zero-order valence-electron chi connectivity index (χ0n) is 12.2. The third-order valence-corrected chi connectivity index (χ3v) is 2.65. The first-order valence-electron chi connectivity index (χ1n) is 6.54. The first kappa shape index (κ1) is 15.5. The van der Waals surface area contributed by atoms with Crippen molar-refractivity contribution in [3.8, 4) is 5.75 Å². The van der Waals surface area contributed by atoms with Crippen LogP contribution in [0.15, 0.2) is 24.3 Å². The Morgan fingerprint density at radius 3 is 2.74 bits per heavy atom. The number of likely N-dealkylation sites (N-methyl/N-ethyl adjacent to an activating group) is 1. The average Bonchev–Trinajstić information content (AvgIpc) is 2.35. The van der Waals surface area contributed by atoms with Crippen molar-refractivity contribution in [3.05, 3.63) is 29.8 Å². The molecule has 1 aromatic rings. The fourth-order valence-electron chi connectivity index (χ4n) is 1.48. The van der Waals surface area contributed by atoms with Gasteiger partial charge in [0.2, 0.25) is 5.91 Å². The lowest BCUT2D eigenvalue weighted by atomic mass is 10.2. The largest absolute Gasteiger partial charge is 0.492 e. The topological polar surface area (TPSA) is 38.8 Å². The lowest BCUT2D eigenvalue weighted by Crippen LogP contribution is -2.34. The Morgan fingerprint density at radius 1 is 1.37 bits per heavy atom. The van der Waals surface area contributed by atoms with Gasteiger partial charge in [0.25, 0.3) is 0 Å². The molecule has 0 heterocycles. The second-order valence-electron chi connectivity index (χ2n) is 4.84. The third-order valence-electron chi connectivity index (χ3n) is 2.65. The van der Waals surface area contributed by atoms with E-state index in [0.717, 1.165) is 11.3 Å². The molecule has 106 valence electrons. The van der Waals surface area contributed by atoms with Crippen molar-refractivity contribution in [2.45, 2.75) is 26.9 Å². The molecule has 1 aromatic carbocycles. The van der Waals surface area contributed by atoms with Crippen LogP contribution < -0.4 is 4.74 Å². The van der Waals surface area contributed by atoms with Gasteiger partial charge in [-0.2, -0.15) is 0 Å². The molecule has 0 bridgehead atoms. The van der Waals surface area contributed by atoms with Crippen LogP contribution in [0.2, 0.25) is 0 Å². The average molecular weight is 265 g/mol. The predicted molar refractivity (Wildman–Crippen MR) is 75.4 cm³/mol. The zero-order chi connectivity index (χ0) is 14.3. The summed E-state index contributed by atoms with van der Waals surface area (Å²) in [5, 5.41) is 0. The minimum Gasteiger partial charge on any atom is -0.492 e. The van der Waals surface area contributed by atoms with Gasteiger partial charge in [-0.1, -0.05) is 12.1 Å². The van der Waals surface area contributed by atoms with E-state index in [-0.39, 0.29) is 18.6 Å². The van der Waals surface area contributed by atoms with Gasteiger partial charge in [0.15, 0.2) is 0 Å². The Labute approximate surface area is 115 Å². The standard InChI is InChI=1S/C15H23NO3/c1-12(2)19-11-15(17)16(4)8-9-18-14-7-5-6-13(3)10-14/h5-7,10,12H,8-9,11H2,1-4H3. The fourth-order valence-corrected chi connectivity index (χ4v) is 1.48. The normalized spacial score (nSPS) is 10.6. The zero-order valence-corrected chi connectivity index (χ0v) is 12.2. The molecule has 0 aliphatic heterocycles. The smallest absolute Gasteiger partial charge is 0.248 e. The SMILES string of the molecule is Cc1cccc(OCCN(C)C(=O)COC(C)C)c1. The number of nitrogens with zero attached hydrogens (tertiary/aromatic N) is 1. The van der Waals surface area contributed by atoms with Crippen molar-refractivity contribution >= 4 is 5.91 Å². The van der Waals surface area contributed by atoms with E-state index in [1.807, 2.05) is 45.0 Å². The first-order valence-corrected chi connectivity index (χ1v) is 6.54. The van der Waals surface area contributed by atoms with Crippen molar-refractivity contribution < 1.29 is 14.3 Å². The summed E-state index contributed by atoms with van der Waals surface area (Å²) in [5.41, 5.74) is 1.16. The van der Waals surface area contributed by atoms with Crippen molar-refractivity contribution in [1.82, 2.24) is 4.90 Å². The van der Waals surface area contributed by atoms with Crippen molar-refractivity contribution in [2.24, 2.45) is 0 Å². The molecule has 1 rings (SSSR count). The van der Waals surface area contributed by atoms with Gasteiger partial charge >= 0.3 is 0 Å². The highest BCUT2D eigenvalue weighted by atomic mass is 16.5. The summed E-state index contributed by atoms with van der Waals surface area (Å²) in [6, 6.07) is 7.86. The van der Waals surface area contributed by atoms with Crippen molar-refractivity contribution in [2.75, 3.05) is 26.8 Å². The molecule has 0 spiro atoms. The van der Waals surface area contributed by atoms with Gasteiger partial charge in [-0.05, 0) is 38.5 Å². The van der Waals surface area contributed by atoms with Gasteiger partial charge in [0.1, 0.15) is 19.0 Å². The quantitative estimate of drug-likeness (QED) is 0.759. The maximum atomic E-state index is 11.7. The summed E-state index contributed by atoms with van der Waals surface area (Å²) >= 11 is 0. The molecule has 1 amide bonds. The molecule has 0 aliphatic rings. The van der Waals surface area contributed by atoms with Gasteiger partial charge in [0.05, 0.1) is 12.6 Å². The molecule has 0 atom stereocenters. The summed E-state index contributed by atoms with van der Waals surface area (Å²) < 4.78 is 10.9. The van der Waals surface area contributed by atoms with E-state index in [1.54, 1.807) is 11.9 Å². The molecule has 0 aromatic heterocycles. The van der Waals surface area contributed by atoms with Crippen LogP contribution in [0.3, 0.4) is 0 Å². The fraction of sp³-hybridized carbons (Fsp3) is 0.533. The highest BCUT2D eigenvalue weighted by molar-refractivity contribution is 5.77. The van der Waals surface area contributed by atoms with Gasteiger partial charge in [-0.15, -0.1) is 0 Å². The Morgan fingerprint density at radius 2 is 2.11 bits per heavy atom. The number of aryl methyl sites for hydroxylation is 1. The number of rotatable bonds is 7. The number of benzene rings is 1. The Hall–Kier alpha value is -1.55. The summed E-state index contributed by atoms with van der Waals surface area (Å²) in [4.78, 5) is 13.3. The summed E-state index contributed by atoms with van der Waals surface area (Å²) in [6.45, 7) is 6.99. The van der Waals surface area contributed by atoms with E-state index >= 15 is 0 Å². The molecule has 0 radical (unpaired) electrons. The van der Waals surface area contributed by atoms with Crippen LogP contribution in [0.1, 0.15) is 19.4 Å². The number of ether oxygens (including phenoxy) is 2. The second kappa shape index (κ2) is 7.79. The molecule has 19 heavy (non-hydrogen) atoms. The minimum atomic E-state index is -0.0263. The molecular weight excluding hydrogens is 242 g/mol. The first-order chi connectivity index (χ1) is 8.99. The number of hydrogen-bond acceptors (Lipinski definition) is 3. The van der Waals surface area contributed by atoms with Gasteiger partial charge in [-0.25, -0.2) is 0 Å². The molecule has 0 unspecified atom stereocenters. The summed E-state index contributed by atoms with van der Waals surface area (Å²) in [7, 11) is 1.76. The van der Waals surface area contributed by atoms with Gasteiger partial charge in [0, 0.05) is 7.05 Å². The van der Waals surface area contributed by atoms with E-state index in [2.05, 4.69) is 0 Å². The molecule has 0 saturated carbocycles. The van der Waals surface area contributed by atoms with E-state index in [4.69, 9.17) is 9.47 Å². The summed E-state index contributed by atoms with van der Waals surface area (Å²) in [6.07, 6.45) is 0.0703. The van der Waals surface area contributed by atoms with E-state index in [0.29, 0.717) is 13.2 Å². The summed E-state index contributed by atoms with van der Waals surface area (Å²) in [5.74, 6) is 0.806. The van der Waals surface area contributed by atoms with E-state index < -0.39 is 0 Å². The number of hydrogen-bond donors (Lipinski definition) is 0. The van der Waals surface area contributed by atoms with Crippen LogP contribution in [-0.4, -0.2) is 43.7 Å². The van der Waals surface area contributed by atoms with E-state index in [1.165, 1.54) is 0 Å². The monoisotopic (exact) mass is 265 g/mol. The van der Waals surface area contributed by atoms with Crippen LogP contribution in [0.5, 0.6) is 5.75 Å². The van der Waals surface area contributed by atoms with Crippen LogP contribution in [0.4, 0.5) is 0 Å². The van der Waals surface area contributed by atoms with E-state index in [9.17, 15) is 4.79 Å². The van der Waals surface area contributed by atoms with Crippen LogP contribution in [0, 0.1) is 6.92 Å². The van der Waals surface area contributed by atoms with Crippen LogP contribution in [0.25, 0.3) is 0 Å². The number of carbonyl (C=O) groups is 1. The maximum absolute atomic E-state index is 11.7. The van der Waals surface area contributed by atoms with Gasteiger partial charge < -0.3 is 14.4 Å². The maximum Gasteiger partial charge on any atom is 0.248 e. The Bertz CT molecular complexity index is 404. The molecule has 4 nitrogen and oxygen atoms in total. The lowest BCUT2D eigenvalue weighted by Gasteiger charge is -2.18. The molecule has 0 fully saturated rings. The molecule has 0 aliphatic carbocycles. The second-order valence-corrected chi connectivity index (χ2v) is 4.84.